The van der Waals surface area contributed by atoms with E-state index in [0.29, 0.717) is 16.7 Å². The molecule has 0 saturated heterocycles. The highest BCUT2D eigenvalue weighted by Crippen LogP contribution is 2.49. The number of hydrogen-bond donors (Lipinski definition) is 2. The molecule has 2 atom stereocenters. The van der Waals surface area contributed by atoms with Crippen LogP contribution in [0.25, 0.3) is 16.7 Å². The van der Waals surface area contributed by atoms with Crippen LogP contribution in [-0.4, -0.2) is 26.8 Å². The van der Waals surface area contributed by atoms with E-state index in [1.54, 1.807) is 12.1 Å². The van der Waals surface area contributed by atoms with Crippen LogP contribution in [0.2, 0.25) is 0 Å². The minimum atomic E-state index is -5.18. The summed E-state index contributed by atoms with van der Waals surface area (Å²) in [5.41, 5.74) is 2.78. The van der Waals surface area contributed by atoms with Gasteiger partial charge in [-0.3, -0.25) is 14.5 Å². The molecule has 1 unspecified atom stereocenters. The molecule has 6 nitrogen and oxygen atoms in total. The van der Waals surface area contributed by atoms with Crippen molar-refractivity contribution < 1.29 is 39.9 Å². The van der Waals surface area contributed by atoms with E-state index in [9.17, 15) is 39.9 Å². The van der Waals surface area contributed by atoms with Gasteiger partial charge in [-0.15, -0.1) is 0 Å². The number of primary amides is 1. The molecular weight excluding hydrogens is 622 g/mol. The molecule has 0 spiro atoms. The van der Waals surface area contributed by atoms with Crippen molar-refractivity contribution >= 4 is 11.5 Å². The summed E-state index contributed by atoms with van der Waals surface area (Å²) < 4.78 is 115. The van der Waals surface area contributed by atoms with Gasteiger partial charge in [-0.05, 0) is 54.3 Å². The number of carbonyl (C=O) groups excluding carboxylic acids is 1. The number of nitrogens with zero attached hydrogens (tertiary/aromatic N) is 3. The number of rotatable bonds is 9. The first-order chi connectivity index (χ1) is 21.5. The van der Waals surface area contributed by atoms with Crippen LogP contribution >= 0.6 is 0 Å². The van der Waals surface area contributed by atoms with Crippen LogP contribution < -0.4 is 11.1 Å². The van der Waals surface area contributed by atoms with E-state index in [-0.39, 0.29) is 36.2 Å². The van der Waals surface area contributed by atoms with Crippen molar-refractivity contribution in [1.29, 1.82) is 0 Å². The van der Waals surface area contributed by atoms with Gasteiger partial charge in [-0.1, -0.05) is 30.9 Å². The predicted octanol–water partition coefficient (Wildman–Crippen LogP) is 7.86. The SMILES string of the molecule is C=C(Cn1nc(C(F)(F)F)c2c1C(=C)CCC2(F)F)N[C@@H](CC1=CC(F)=CC(F)C1)c1ncccc1-c1ccc(F)c(C(N)=O)c1. The van der Waals surface area contributed by atoms with Crippen LogP contribution in [0.5, 0.6) is 0 Å². The number of benzene rings is 1. The number of nitrogens with one attached hydrogen (secondary N) is 1. The Hall–Kier alpha value is -4.75. The van der Waals surface area contributed by atoms with Gasteiger partial charge >= 0.3 is 6.18 Å². The van der Waals surface area contributed by atoms with Crippen LogP contribution in [0.15, 0.2) is 78.9 Å². The normalized spacial score (nSPS) is 18.3. The third-order valence-corrected chi connectivity index (χ3v) is 7.70. The lowest BCUT2D eigenvalue weighted by Gasteiger charge is -2.27. The van der Waals surface area contributed by atoms with Gasteiger partial charge in [0.15, 0.2) is 5.69 Å². The van der Waals surface area contributed by atoms with E-state index in [1.165, 1.54) is 18.3 Å². The van der Waals surface area contributed by atoms with E-state index in [4.69, 9.17) is 5.73 Å². The average Bonchev–Trinajstić information content (AvgIpc) is 3.36. The number of fused-ring (bicyclic) bond motifs is 1. The molecule has 3 N–H and O–H groups in total. The summed E-state index contributed by atoms with van der Waals surface area (Å²) in [6, 6.07) is 5.81. The van der Waals surface area contributed by atoms with Gasteiger partial charge in [-0.2, -0.15) is 18.3 Å². The van der Waals surface area contributed by atoms with E-state index < -0.39 is 77.3 Å². The lowest BCUT2D eigenvalue weighted by Crippen LogP contribution is -2.27. The first kappa shape index (κ1) is 32.6. The highest BCUT2D eigenvalue weighted by atomic mass is 19.4. The Morgan fingerprint density at radius 3 is 2.63 bits per heavy atom. The predicted molar refractivity (Wildman–Crippen MR) is 154 cm³/mol. The summed E-state index contributed by atoms with van der Waals surface area (Å²) in [5, 5.41) is 6.52. The van der Waals surface area contributed by atoms with Crippen LogP contribution in [0.4, 0.5) is 35.1 Å². The number of aromatic nitrogens is 3. The Balaban J connectivity index is 1.55. The summed E-state index contributed by atoms with van der Waals surface area (Å²) in [5.74, 6) is -6.49. The molecule has 2 heterocycles. The highest BCUT2D eigenvalue weighted by molar-refractivity contribution is 5.94. The first-order valence-electron chi connectivity index (χ1n) is 14.0. The second-order valence-electron chi connectivity index (χ2n) is 11.1. The first-order valence-corrected chi connectivity index (χ1v) is 14.0. The monoisotopic (exact) mass is 649 g/mol. The number of amides is 1. The lowest BCUT2D eigenvalue weighted by atomic mass is 9.88. The van der Waals surface area contributed by atoms with Gasteiger partial charge in [-0.25, -0.2) is 22.0 Å². The zero-order chi connectivity index (χ0) is 33.6. The van der Waals surface area contributed by atoms with Crippen LogP contribution in [0, 0.1) is 5.82 Å². The van der Waals surface area contributed by atoms with Crippen molar-refractivity contribution in [2.75, 3.05) is 0 Å². The summed E-state index contributed by atoms with van der Waals surface area (Å²) in [6.07, 6.45) is -4.79. The standard InChI is InChI=1S/C32H27F8N5O/c1-16-7-8-31(36,37)26-28(16)45(44-29(26)32(38,39)40)15-17(2)43-25(12-18-10-20(33)14-21(34)11-18)27-22(4-3-9-42-27)19-5-6-24(35)23(13-19)30(41)46/h3-6,9-10,13-14,21,25,43H,1-2,7-8,11-12,15H2,(H2,41,46)/t21?,25-/m0/s1. The molecule has 242 valence electrons. The summed E-state index contributed by atoms with van der Waals surface area (Å²) >= 11 is 0. The summed E-state index contributed by atoms with van der Waals surface area (Å²) in [4.78, 5) is 16.3. The van der Waals surface area contributed by atoms with Gasteiger partial charge in [0.05, 0.1) is 35.1 Å². The zero-order valence-corrected chi connectivity index (χ0v) is 24.1. The lowest BCUT2D eigenvalue weighted by molar-refractivity contribution is -0.146. The molecule has 0 fully saturated rings. The number of halogens is 8. The molecule has 14 heteroatoms. The maximum absolute atomic E-state index is 14.8. The molecule has 0 radical (unpaired) electrons. The number of allylic oxidation sites excluding steroid dienone is 5. The molecule has 2 aliphatic rings. The third kappa shape index (κ3) is 6.60. The fraction of sp³-hybridized carbons (Fsp3) is 0.281. The maximum atomic E-state index is 14.8. The van der Waals surface area contributed by atoms with E-state index in [1.807, 2.05) is 0 Å². The largest absolute Gasteiger partial charge is 0.435 e. The van der Waals surface area contributed by atoms with Crippen molar-refractivity contribution in [3.8, 4) is 11.1 Å². The van der Waals surface area contributed by atoms with E-state index in [2.05, 4.69) is 28.6 Å². The van der Waals surface area contributed by atoms with E-state index in [0.717, 1.165) is 22.9 Å². The van der Waals surface area contributed by atoms with Crippen LogP contribution in [0.1, 0.15) is 64.7 Å². The maximum Gasteiger partial charge on any atom is 0.435 e. The molecular formula is C32H27F8N5O. The fourth-order valence-electron chi connectivity index (χ4n) is 5.73. The Kier molecular flexibility index (Phi) is 8.67. The van der Waals surface area contributed by atoms with Crippen LogP contribution in [0.3, 0.4) is 0 Å². The molecule has 3 aromatic rings. The number of hydrogen-bond acceptors (Lipinski definition) is 4. The molecule has 2 aromatic heterocycles. The smallest absolute Gasteiger partial charge is 0.379 e. The number of nitrogens with two attached hydrogens (primary N) is 1. The van der Waals surface area contributed by atoms with Gasteiger partial charge in [0, 0.05) is 30.3 Å². The molecule has 1 aromatic carbocycles. The molecule has 46 heavy (non-hydrogen) atoms. The Morgan fingerprint density at radius 1 is 1.22 bits per heavy atom. The Labute approximate surface area is 258 Å². The van der Waals surface area contributed by atoms with Crippen molar-refractivity contribution in [3.63, 3.8) is 0 Å². The van der Waals surface area contributed by atoms with Gasteiger partial charge in [0.25, 0.3) is 11.8 Å². The number of alkyl halides is 6. The van der Waals surface area contributed by atoms with Crippen LogP contribution in [-0.2, 0) is 18.6 Å². The van der Waals surface area contributed by atoms with Gasteiger partial charge in [0.2, 0.25) is 0 Å². The van der Waals surface area contributed by atoms with Crippen molar-refractivity contribution in [1.82, 2.24) is 20.1 Å². The fourth-order valence-corrected chi connectivity index (χ4v) is 5.73. The number of carbonyl (C=O) groups is 1. The second kappa shape index (κ2) is 12.2. The van der Waals surface area contributed by atoms with E-state index >= 15 is 0 Å². The third-order valence-electron chi connectivity index (χ3n) is 7.70. The average molecular weight is 650 g/mol. The zero-order valence-electron chi connectivity index (χ0n) is 24.1. The minimum Gasteiger partial charge on any atom is -0.379 e. The molecule has 1 amide bonds. The molecule has 2 aliphatic carbocycles. The van der Waals surface area contributed by atoms with Gasteiger partial charge < -0.3 is 11.1 Å². The summed E-state index contributed by atoms with van der Waals surface area (Å²) in [6.45, 7) is 7.07. The highest BCUT2D eigenvalue weighted by Gasteiger charge is 2.50. The number of pyridine rings is 1. The minimum absolute atomic E-state index is 0.00321. The Morgan fingerprint density at radius 2 is 1.96 bits per heavy atom. The topological polar surface area (TPSA) is 85.8 Å². The van der Waals surface area contributed by atoms with Crippen molar-refractivity contribution in [3.05, 3.63) is 113 Å². The molecule has 0 bridgehead atoms. The molecule has 5 rings (SSSR count). The second-order valence-corrected chi connectivity index (χ2v) is 11.1. The van der Waals surface area contributed by atoms with Crippen molar-refractivity contribution in [2.24, 2.45) is 5.73 Å². The van der Waals surface area contributed by atoms with Gasteiger partial charge in [0.1, 0.15) is 17.8 Å². The summed E-state index contributed by atoms with van der Waals surface area (Å²) in [7, 11) is 0. The Bertz CT molecular complexity index is 1790. The molecule has 0 aliphatic heterocycles. The van der Waals surface area contributed by atoms with Crippen molar-refractivity contribution in [2.45, 2.75) is 56.5 Å². The quantitative estimate of drug-likeness (QED) is 0.231. The molecule has 0 saturated carbocycles.